The van der Waals surface area contributed by atoms with Crippen LogP contribution in [0.15, 0.2) is 65.4 Å². The largest absolute Gasteiger partial charge is 0.515 e. The predicted octanol–water partition coefficient (Wildman–Crippen LogP) is 3.88. The monoisotopic (exact) mass is 367 g/mol. The molecule has 0 aliphatic rings. The number of hydrogen-bond donors (Lipinski definition) is 2. The minimum atomic E-state index is -1.18. The third-order valence-electron chi connectivity index (χ3n) is 3.83. The normalized spacial score (nSPS) is 11.4. The van der Waals surface area contributed by atoms with Crippen molar-refractivity contribution in [1.82, 2.24) is 4.98 Å². The van der Waals surface area contributed by atoms with E-state index in [0.29, 0.717) is 18.4 Å². The Labute approximate surface area is 153 Å². The van der Waals surface area contributed by atoms with Crippen molar-refractivity contribution < 1.29 is 28.6 Å². The van der Waals surface area contributed by atoms with Crippen molar-refractivity contribution in [3.63, 3.8) is 0 Å². The van der Waals surface area contributed by atoms with E-state index in [0.717, 1.165) is 5.56 Å². The zero-order valence-electron chi connectivity index (χ0n) is 13.9. The van der Waals surface area contributed by atoms with Gasteiger partial charge in [-0.15, -0.1) is 0 Å². The molecule has 6 nitrogen and oxygen atoms in total. The number of ketones is 1. The van der Waals surface area contributed by atoms with E-state index < -0.39 is 11.8 Å². The molecule has 2 N–H and O–H groups in total. The number of benzene rings is 1. The second-order valence-electron chi connectivity index (χ2n) is 5.68. The number of carbonyl (C=O) groups excluding carboxylic acids is 1. The number of furan rings is 1. The molecule has 1 aromatic carbocycles. The van der Waals surface area contributed by atoms with Crippen LogP contribution in [-0.4, -0.2) is 26.9 Å². The number of aromatic carboxylic acids is 1. The van der Waals surface area contributed by atoms with Crippen molar-refractivity contribution >= 4 is 17.3 Å². The SMILES string of the molecule is O=C(O)c1ccnc(C(=CO)C(=O)c2ccc(Cc3ccc(F)cc3)o2)c1. The maximum Gasteiger partial charge on any atom is 0.335 e. The first-order valence-electron chi connectivity index (χ1n) is 7.90. The van der Waals surface area contributed by atoms with Gasteiger partial charge in [0.15, 0.2) is 5.76 Å². The first-order chi connectivity index (χ1) is 13.0. The summed E-state index contributed by atoms with van der Waals surface area (Å²) in [6.45, 7) is 0. The van der Waals surface area contributed by atoms with Gasteiger partial charge in [-0.1, -0.05) is 12.1 Å². The van der Waals surface area contributed by atoms with E-state index in [1.807, 2.05) is 0 Å². The van der Waals surface area contributed by atoms with E-state index in [1.54, 1.807) is 18.2 Å². The second kappa shape index (κ2) is 7.65. The molecule has 27 heavy (non-hydrogen) atoms. The number of rotatable bonds is 6. The Hall–Kier alpha value is -3.74. The van der Waals surface area contributed by atoms with Gasteiger partial charge in [-0.3, -0.25) is 9.78 Å². The first-order valence-corrected chi connectivity index (χ1v) is 7.90. The minimum Gasteiger partial charge on any atom is -0.515 e. The standard InChI is InChI=1S/C20H14FNO5/c21-14-3-1-12(2-4-14)9-15-5-6-18(27-15)19(24)16(11-23)17-10-13(20(25)26)7-8-22-17/h1-8,10-11,23H,9H2,(H,25,26). The number of aliphatic hydroxyl groups excluding tert-OH is 1. The Bertz CT molecular complexity index is 1020. The van der Waals surface area contributed by atoms with Crippen molar-refractivity contribution in [2.75, 3.05) is 0 Å². The summed E-state index contributed by atoms with van der Waals surface area (Å²) in [6, 6.07) is 11.4. The van der Waals surface area contributed by atoms with Crippen LogP contribution in [0.25, 0.3) is 5.57 Å². The van der Waals surface area contributed by atoms with Crippen LogP contribution in [0.1, 0.15) is 37.9 Å². The fourth-order valence-corrected chi connectivity index (χ4v) is 2.48. The Morgan fingerprint density at radius 2 is 1.85 bits per heavy atom. The van der Waals surface area contributed by atoms with E-state index in [-0.39, 0.29) is 28.4 Å². The summed E-state index contributed by atoms with van der Waals surface area (Å²) in [5, 5.41) is 18.5. The van der Waals surface area contributed by atoms with Crippen LogP contribution in [0.5, 0.6) is 0 Å². The molecule has 0 atom stereocenters. The smallest absolute Gasteiger partial charge is 0.335 e. The maximum atomic E-state index is 13.0. The maximum absolute atomic E-state index is 13.0. The van der Waals surface area contributed by atoms with Crippen LogP contribution < -0.4 is 0 Å². The summed E-state index contributed by atoms with van der Waals surface area (Å²) in [7, 11) is 0. The number of carboxylic acids is 1. The highest BCUT2D eigenvalue weighted by Gasteiger charge is 2.20. The van der Waals surface area contributed by atoms with E-state index in [1.165, 1.54) is 36.5 Å². The predicted molar refractivity (Wildman–Crippen MR) is 94.0 cm³/mol. The van der Waals surface area contributed by atoms with E-state index in [4.69, 9.17) is 9.52 Å². The molecule has 0 unspecified atom stereocenters. The molecular weight excluding hydrogens is 353 g/mol. The Morgan fingerprint density at radius 3 is 2.52 bits per heavy atom. The molecule has 0 aliphatic heterocycles. The lowest BCUT2D eigenvalue weighted by atomic mass is 10.1. The molecule has 136 valence electrons. The topological polar surface area (TPSA) is 101 Å². The van der Waals surface area contributed by atoms with Crippen LogP contribution in [-0.2, 0) is 6.42 Å². The van der Waals surface area contributed by atoms with Crippen molar-refractivity contribution in [3.05, 3.63) is 95.1 Å². The molecule has 0 bridgehead atoms. The Morgan fingerprint density at radius 1 is 1.11 bits per heavy atom. The molecule has 0 aliphatic carbocycles. The lowest BCUT2D eigenvalue weighted by Gasteiger charge is -2.04. The summed E-state index contributed by atoms with van der Waals surface area (Å²) in [4.78, 5) is 27.6. The molecule has 0 radical (unpaired) electrons. The number of carboxylic acid groups (broad SMARTS) is 1. The number of nitrogens with zero attached hydrogens (tertiary/aromatic N) is 1. The van der Waals surface area contributed by atoms with Crippen LogP contribution in [0.4, 0.5) is 4.39 Å². The zero-order chi connectivity index (χ0) is 19.4. The van der Waals surface area contributed by atoms with E-state index in [2.05, 4.69) is 4.98 Å². The van der Waals surface area contributed by atoms with Crippen LogP contribution >= 0.6 is 0 Å². The molecule has 2 heterocycles. The molecule has 7 heteroatoms. The van der Waals surface area contributed by atoms with Gasteiger partial charge in [0, 0.05) is 12.6 Å². The molecule has 0 spiro atoms. The molecule has 0 saturated heterocycles. The summed E-state index contributed by atoms with van der Waals surface area (Å²) in [5.74, 6) is -1.71. The van der Waals surface area contributed by atoms with Gasteiger partial charge in [0.05, 0.1) is 23.1 Å². The average molecular weight is 367 g/mol. The number of hydrogen-bond acceptors (Lipinski definition) is 5. The van der Waals surface area contributed by atoms with Gasteiger partial charge in [0.2, 0.25) is 5.78 Å². The molecule has 3 rings (SSSR count). The first kappa shape index (κ1) is 18.1. The van der Waals surface area contributed by atoms with Crippen LogP contribution in [0, 0.1) is 5.82 Å². The molecule has 0 amide bonds. The van der Waals surface area contributed by atoms with E-state index in [9.17, 15) is 19.1 Å². The highest BCUT2D eigenvalue weighted by molar-refractivity contribution is 6.27. The van der Waals surface area contributed by atoms with Crippen LogP contribution in [0.3, 0.4) is 0 Å². The molecule has 3 aromatic rings. The van der Waals surface area contributed by atoms with Gasteiger partial charge >= 0.3 is 5.97 Å². The summed E-state index contributed by atoms with van der Waals surface area (Å²) >= 11 is 0. The van der Waals surface area contributed by atoms with Gasteiger partial charge < -0.3 is 14.6 Å². The fraction of sp³-hybridized carbons (Fsp3) is 0.0500. The highest BCUT2D eigenvalue weighted by atomic mass is 19.1. The second-order valence-corrected chi connectivity index (χ2v) is 5.68. The summed E-state index contributed by atoms with van der Waals surface area (Å²) < 4.78 is 18.5. The third kappa shape index (κ3) is 4.09. The lowest BCUT2D eigenvalue weighted by Crippen LogP contribution is -2.05. The number of allylic oxidation sites excluding steroid dienone is 1. The minimum absolute atomic E-state index is 0.0129. The van der Waals surface area contributed by atoms with Crippen molar-refractivity contribution in [2.45, 2.75) is 6.42 Å². The lowest BCUT2D eigenvalue weighted by molar-refractivity contribution is 0.0696. The molecule has 2 aromatic heterocycles. The van der Waals surface area contributed by atoms with Gasteiger partial charge in [-0.05, 0) is 42.0 Å². The van der Waals surface area contributed by atoms with Gasteiger partial charge in [-0.2, -0.15) is 0 Å². The summed E-state index contributed by atoms with van der Waals surface area (Å²) in [5.41, 5.74) is 0.557. The average Bonchev–Trinajstić information content (AvgIpc) is 3.13. The number of aromatic nitrogens is 1. The number of pyridine rings is 1. The van der Waals surface area contributed by atoms with Crippen molar-refractivity contribution in [1.29, 1.82) is 0 Å². The number of aliphatic hydroxyl groups is 1. The third-order valence-corrected chi connectivity index (χ3v) is 3.83. The Balaban J connectivity index is 1.82. The Kier molecular flexibility index (Phi) is 5.12. The van der Waals surface area contributed by atoms with Crippen molar-refractivity contribution in [3.8, 4) is 0 Å². The number of carbonyl (C=O) groups is 2. The van der Waals surface area contributed by atoms with Gasteiger partial charge in [-0.25, -0.2) is 9.18 Å². The molecule has 0 fully saturated rings. The van der Waals surface area contributed by atoms with Crippen molar-refractivity contribution in [2.24, 2.45) is 0 Å². The van der Waals surface area contributed by atoms with Gasteiger partial charge in [0.1, 0.15) is 11.6 Å². The van der Waals surface area contributed by atoms with Gasteiger partial charge in [0.25, 0.3) is 0 Å². The molecule has 0 saturated carbocycles. The van der Waals surface area contributed by atoms with E-state index >= 15 is 0 Å². The quantitative estimate of drug-likeness (QED) is 0.389. The number of halogens is 1. The summed E-state index contributed by atoms with van der Waals surface area (Å²) in [6.07, 6.45) is 2.16. The van der Waals surface area contributed by atoms with Crippen LogP contribution in [0.2, 0.25) is 0 Å². The fourth-order valence-electron chi connectivity index (χ4n) is 2.48. The number of Topliss-reactive ketones (excluding diaryl/α,β-unsaturated/α-hetero) is 1. The zero-order valence-corrected chi connectivity index (χ0v) is 13.9. The molecular formula is C20H14FNO5. The highest BCUT2D eigenvalue weighted by Crippen LogP contribution is 2.21.